The van der Waals surface area contributed by atoms with Crippen LogP contribution in [0.4, 0.5) is 18.9 Å². The van der Waals surface area contributed by atoms with Gasteiger partial charge in [-0.05, 0) is 59.7 Å². The van der Waals surface area contributed by atoms with Crippen molar-refractivity contribution in [2.75, 3.05) is 5.32 Å². The van der Waals surface area contributed by atoms with Gasteiger partial charge < -0.3 is 10.3 Å². The molecular formula is C23H14BrCl2F3N2. The van der Waals surface area contributed by atoms with Gasteiger partial charge in [0.1, 0.15) is 0 Å². The summed E-state index contributed by atoms with van der Waals surface area (Å²) in [7, 11) is 0. The number of aromatic nitrogens is 1. The Balaban J connectivity index is 1.94. The minimum atomic E-state index is -4.67. The maximum Gasteiger partial charge on any atom is 0.420 e. The van der Waals surface area contributed by atoms with E-state index in [9.17, 15) is 0 Å². The molecule has 0 fully saturated rings. The molecule has 1 atom stereocenters. The van der Waals surface area contributed by atoms with Crippen molar-refractivity contribution in [2.24, 2.45) is 0 Å². The van der Waals surface area contributed by atoms with E-state index in [1.54, 1.807) is 48.5 Å². The number of anilines is 1. The molecule has 2 nitrogen and oxygen atoms in total. The third kappa shape index (κ3) is 3.23. The van der Waals surface area contributed by atoms with Crippen LogP contribution in [0.3, 0.4) is 0 Å². The third-order valence-electron chi connectivity index (χ3n) is 5.67. The van der Waals surface area contributed by atoms with Gasteiger partial charge in [0, 0.05) is 48.8 Å². The Kier molecular flexibility index (Phi) is 4.81. The molecule has 2 heterocycles. The van der Waals surface area contributed by atoms with Gasteiger partial charge in [0.2, 0.25) is 0 Å². The van der Waals surface area contributed by atoms with E-state index in [4.69, 9.17) is 23.2 Å². The molecule has 0 saturated heterocycles. The van der Waals surface area contributed by atoms with Crippen LogP contribution in [0.5, 0.6) is 0 Å². The van der Waals surface area contributed by atoms with E-state index >= 15 is 13.2 Å². The van der Waals surface area contributed by atoms with Gasteiger partial charge in [0.05, 0.1) is 0 Å². The molecule has 0 unspecified atom stereocenters. The Morgan fingerprint density at radius 3 is 2.29 bits per heavy atom. The van der Waals surface area contributed by atoms with Crippen LogP contribution in [0.15, 0.2) is 65.1 Å². The summed E-state index contributed by atoms with van der Waals surface area (Å²) in [5, 5.41) is 4.12. The van der Waals surface area contributed by atoms with E-state index in [1.165, 1.54) is 12.1 Å². The second-order valence-corrected chi connectivity index (χ2v) is 9.31. The SMILES string of the molecule is FC(F)(F)[C@@]1(c2ccc(Br)cc2)Nc2ccc(Cl)cc2Cc2[nH]c3ccc(Cl)cc3c21. The molecule has 0 saturated carbocycles. The fourth-order valence-corrected chi connectivity index (χ4v) is 4.99. The lowest BCUT2D eigenvalue weighted by Crippen LogP contribution is -2.50. The largest absolute Gasteiger partial charge is 0.420 e. The predicted octanol–water partition coefficient (Wildman–Crippen LogP) is 8.06. The van der Waals surface area contributed by atoms with E-state index in [0.717, 1.165) is 0 Å². The van der Waals surface area contributed by atoms with Crippen molar-refractivity contribution in [3.8, 4) is 0 Å². The Hall–Kier alpha value is -2.15. The van der Waals surface area contributed by atoms with Gasteiger partial charge in [-0.2, -0.15) is 13.2 Å². The third-order valence-corrected chi connectivity index (χ3v) is 6.67. The van der Waals surface area contributed by atoms with Crippen molar-refractivity contribution in [1.82, 2.24) is 4.98 Å². The first-order chi connectivity index (χ1) is 14.7. The molecule has 0 aliphatic carbocycles. The topological polar surface area (TPSA) is 27.8 Å². The molecule has 1 aliphatic rings. The van der Waals surface area contributed by atoms with Crippen molar-refractivity contribution in [1.29, 1.82) is 0 Å². The first-order valence-electron chi connectivity index (χ1n) is 9.39. The Labute approximate surface area is 194 Å². The van der Waals surface area contributed by atoms with E-state index in [1.807, 2.05) is 0 Å². The van der Waals surface area contributed by atoms with Gasteiger partial charge in [-0.25, -0.2) is 0 Å². The van der Waals surface area contributed by atoms with E-state index < -0.39 is 11.7 Å². The lowest BCUT2D eigenvalue weighted by atomic mass is 9.80. The smallest absolute Gasteiger partial charge is 0.364 e. The monoisotopic (exact) mass is 524 g/mol. The van der Waals surface area contributed by atoms with Gasteiger partial charge in [-0.15, -0.1) is 0 Å². The quantitative estimate of drug-likeness (QED) is 0.258. The molecule has 0 amide bonds. The summed E-state index contributed by atoms with van der Waals surface area (Å²) >= 11 is 15.7. The zero-order valence-corrected chi connectivity index (χ0v) is 18.8. The summed E-state index contributed by atoms with van der Waals surface area (Å²) < 4.78 is 46.2. The van der Waals surface area contributed by atoms with Crippen molar-refractivity contribution in [3.05, 3.63) is 97.6 Å². The van der Waals surface area contributed by atoms with Gasteiger partial charge in [-0.1, -0.05) is 51.3 Å². The van der Waals surface area contributed by atoms with Crippen molar-refractivity contribution in [3.63, 3.8) is 0 Å². The predicted molar refractivity (Wildman–Crippen MR) is 122 cm³/mol. The molecule has 158 valence electrons. The number of halogens is 6. The fourth-order valence-electron chi connectivity index (χ4n) is 4.36. The molecule has 8 heteroatoms. The molecule has 4 aromatic rings. The Morgan fingerprint density at radius 2 is 1.58 bits per heavy atom. The Bertz CT molecular complexity index is 1320. The van der Waals surface area contributed by atoms with Gasteiger partial charge in [0.15, 0.2) is 5.54 Å². The minimum Gasteiger partial charge on any atom is -0.364 e. The van der Waals surface area contributed by atoms with Crippen LogP contribution < -0.4 is 5.32 Å². The van der Waals surface area contributed by atoms with Crippen LogP contribution in [0, 0.1) is 0 Å². The number of hydrogen-bond donors (Lipinski definition) is 2. The molecule has 1 aromatic heterocycles. The number of alkyl halides is 3. The van der Waals surface area contributed by atoms with Crippen LogP contribution in [0.1, 0.15) is 22.4 Å². The number of hydrogen-bond acceptors (Lipinski definition) is 1. The number of H-pyrrole nitrogens is 1. The van der Waals surface area contributed by atoms with Crippen molar-refractivity contribution >= 4 is 55.7 Å². The van der Waals surface area contributed by atoms with Gasteiger partial charge in [-0.3, -0.25) is 0 Å². The first-order valence-corrected chi connectivity index (χ1v) is 10.9. The highest BCUT2D eigenvalue weighted by Gasteiger charge is 2.60. The number of benzene rings is 3. The number of fused-ring (bicyclic) bond motifs is 4. The first kappa shape index (κ1) is 20.7. The van der Waals surface area contributed by atoms with Gasteiger partial charge >= 0.3 is 6.18 Å². The molecule has 1 aliphatic heterocycles. The molecule has 0 bridgehead atoms. The standard InChI is InChI=1S/C23H14BrCl2F3N2/c24-14-3-1-13(2-4-14)22(23(27,28)29)21-17-11-16(26)6-8-19(17)30-20(21)10-12-9-15(25)5-7-18(12)31-22/h1-9,11,30-31H,10H2/t22-/m0/s1. The van der Waals surface area contributed by atoms with Crippen LogP contribution >= 0.6 is 39.1 Å². The number of nitrogens with one attached hydrogen (secondary N) is 2. The Morgan fingerprint density at radius 1 is 0.903 bits per heavy atom. The van der Waals surface area contributed by atoms with Crippen molar-refractivity contribution in [2.45, 2.75) is 18.1 Å². The van der Waals surface area contributed by atoms with Crippen molar-refractivity contribution < 1.29 is 13.2 Å². The molecular weight excluding hydrogens is 512 g/mol. The van der Waals surface area contributed by atoms with E-state index in [0.29, 0.717) is 42.4 Å². The zero-order chi connectivity index (χ0) is 22.0. The molecule has 2 N–H and O–H groups in total. The normalized spacial score (nSPS) is 18.3. The number of rotatable bonds is 1. The molecule has 0 spiro atoms. The maximum absolute atomic E-state index is 15.2. The lowest BCUT2D eigenvalue weighted by molar-refractivity contribution is -0.169. The second-order valence-electron chi connectivity index (χ2n) is 7.53. The summed E-state index contributed by atoms with van der Waals surface area (Å²) in [5.74, 6) is 0. The average molecular weight is 526 g/mol. The summed E-state index contributed by atoms with van der Waals surface area (Å²) in [6.07, 6.45) is -4.41. The highest BCUT2D eigenvalue weighted by molar-refractivity contribution is 9.10. The highest BCUT2D eigenvalue weighted by Crippen LogP contribution is 2.52. The average Bonchev–Trinajstić information content (AvgIpc) is 2.97. The maximum atomic E-state index is 15.2. The van der Waals surface area contributed by atoms with Crippen LogP contribution in [0.2, 0.25) is 10.0 Å². The summed E-state index contributed by atoms with van der Waals surface area (Å²) in [5.41, 5.74) is -0.192. The van der Waals surface area contributed by atoms with Crippen LogP contribution in [-0.2, 0) is 12.0 Å². The van der Waals surface area contributed by atoms with E-state index in [2.05, 4.69) is 26.2 Å². The van der Waals surface area contributed by atoms with Crippen LogP contribution in [-0.4, -0.2) is 11.2 Å². The molecule has 5 rings (SSSR count). The number of aromatic amines is 1. The minimum absolute atomic E-state index is 0.0770. The highest BCUT2D eigenvalue weighted by atomic mass is 79.9. The summed E-state index contributed by atoms with van der Waals surface area (Å²) in [4.78, 5) is 3.20. The lowest BCUT2D eigenvalue weighted by Gasteiger charge is -2.38. The van der Waals surface area contributed by atoms with Crippen LogP contribution in [0.25, 0.3) is 10.9 Å². The molecule has 3 aromatic carbocycles. The molecule has 0 radical (unpaired) electrons. The van der Waals surface area contributed by atoms with Gasteiger partial charge in [0.25, 0.3) is 0 Å². The second kappa shape index (κ2) is 7.19. The van der Waals surface area contributed by atoms with E-state index in [-0.39, 0.29) is 17.5 Å². The summed E-state index contributed by atoms with van der Waals surface area (Å²) in [6.45, 7) is 0. The zero-order valence-electron chi connectivity index (χ0n) is 15.7. The summed E-state index contributed by atoms with van der Waals surface area (Å²) in [6, 6.07) is 16.0. The fraction of sp³-hybridized carbons (Fsp3) is 0.130. The molecule has 31 heavy (non-hydrogen) atoms.